The van der Waals surface area contributed by atoms with E-state index in [-0.39, 0.29) is 18.6 Å². The number of carbonyl (C=O) groups is 1. The van der Waals surface area contributed by atoms with Crippen LogP contribution in [0, 0.1) is 6.92 Å². The molecule has 1 N–H and O–H groups in total. The van der Waals surface area contributed by atoms with Crippen LogP contribution >= 0.6 is 0 Å². The molecule has 124 valence electrons. The molecular formula is C18H25N3O2. The molecule has 0 saturated carbocycles. The number of aromatic nitrogens is 2. The van der Waals surface area contributed by atoms with E-state index in [1.807, 2.05) is 36.2 Å². The summed E-state index contributed by atoms with van der Waals surface area (Å²) in [5, 5.41) is 9.20. The first kappa shape index (κ1) is 16.0. The largest absolute Gasteiger partial charge is 0.396 e. The van der Waals surface area contributed by atoms with Crippen LogP contribution in [-0.4, -0.2) is 44.5 Å². The summed E-state index contributed by atoms with van der Waals surface area (Å²) in [5.74, 6) is 0.202. The Morgan fingerprint density at radius 2 is 2.26 bits per heavy atom. The number of piperidine rings is 1. The lowest BCUT2D eigenvalue weighted by molar-refractivity contribution is -0.135. The fourth-order valence-corrected chi connectivity index (χ4v) is 3.61. The van der Waals surface area contributed by atoms with Crippen molar-refractivity contribution in [3.05, 3.63) is 35.8 Å². The number of pyridine rings is 1. The average Bonchev–Trinajstić information content (AvgIpc) is 2.89. The van der Waals surface area contributed by atoms with Crippen LogP contribution in [0.25, 0.3) is 5.65 Å². The molecule has 1 unspecified atom stereocenters. The molecule has 3 rings (SSSR count). The molecule has 1 amide bonds. The Balaban J connectivity index is 1.69. The lowest BCUT2D eigenvalue weighted by atomic mass is 9.99. The van der Waals surface area contributed by atoms with Gasteiger partial charge in [0.1, 0.15) is 5.65 Å². The van der Waals surface area contributed by atoms with Gasteiger partial charge in [0.2, 0.25) is 5.91 Å². The Morgan fingerprint density at radius 1 is 1.39 bits per heavy atom. The number of hydrogen-bond acceptors (Lipinski definition) is 3. The van der Waals surface area contributed by atoms with Crippen molar-refractivity contribution >= 4 is 11.6 Å². The normalized spacial score (nSPS) is 18.5. The highest BCUT2D eigenvalue weighted by atomic mass is 16.3. The number of aliphatic hydroxyl groups is 1. The molecule has 0 bridgehead atoms. The lowest BCUT2D eigenvalue weighted by Gasteiger charge is -2.35. The van der Waals surface area contributed by atoms with Crippen molar-refractivity contribution in [2.24, 2.45) is 0 Å². The smallest absolute Gasteiger partial charge is 0.223 e. The van der Waals surface area contributed by atoms with E-state index in [0.717, 1.165) is 42.8 Å². The van der Waals surface area contributed by atoms with Crippen molar-refractivity contribution in [3.63, 3.8) is 0 Å². The molecule has 5 nitrogen and oxygen atoms in total. The third-order valence-electron chi connectivity index (χ3n) is 4.81. The molecule has 0 aromatic carbocycles. The summed E-state index contributed by atoms with van der Waals surface area (Å²) in [6.07, 6.45) is 7.15. The number of aliphatic hydroxyl groups excluding tert-OH is 1. The summed E-state index contributed by atoms with van der Waals surface area (Å²) in [7, 11) is 0. The Bertz CT molecular complexity index is 678. The zero-order valence-electron chi connectivity index (χ0n) is 13.7. The highest BCUT2D eigenvalue weighted by Crippen LogP contribution is 2.21. The number of fused-ring (bicyclic) bond motifs is 1. The number of carbonyl (C=O) groups excluding carboxylic acids is 1. The van der Waals surface area contributed by atoms with Crippen LogP contribution < -0.4 is 0 Å². The van der Waals surface area contributed by atoms with E-state index in [1.54, 1.807) is 0 Å². The molecule has 0 spiro atoms. The van der Waals surface area contributed by atoms with Crippen LogP contribution in [0.2, 0.25) is 0 Å². The highest BCUT2D eigenvalue weighted by Gasteiger charge is 2.26. The topological polar surface area (TPSA) is 57.8 Å². The number of nitrogens with zero attached hydrogens (tertiary/aromatic N) is 3. The molecule has 0 aliphatic carbocycles. The van der Waals surface area contributed by atoms with Gasteiger partial charge < -0.3 is 14.4 Å². The standard InChI is InChI=1S/C18H25N3O2/c1-14-16(21-12-5-3-7-17(21)19-14)8-9-18(23)20-11-4-2-6-15(20)10-13-22/h3,5,7,12,15,22H,2,4,6,8-11,13H2,1H3. The van der Waals surface area contributed by atoms with Crippen LogP contribution in [0.15, 0.2) is 24.4 Å². The van der Waals surface area contributed by atoms with Crippen LogP contribution in [0.3, 0.4) is 0 Å². The maximum Gasteiger partial charge on any atom is 0.223 e. The molecule has 1 atom stereocenters. The SMILES string of the molecule is Cc1nc2ccccn2c1CCC(=O)N1CCCCC1CCO. The predicted octanol–water partition coefficient (Wildman–Crippen LogP) is 2.34. The second-order valence-electron chi connectivity index (χ2n) is 6.32. The molecule has 1 fully saturated rings. The van der Waals surface area contributed by atoms with Crippen molar-refractivity contribution in [1.29, 1.82) is 0 Å². The molecule has 5 heteroatoms. The van der Waals surface area contributed by atoms with Gasteiger partial charge in [-0.15, -0.1) is 0 Å². The number of rotatable bonds is 5. The van der Waals surface area contributed by atoms with E-state index >= 15 is 0 Å². The number of likely N-dealkylation sites (tertiary alicyclic amines) is 1. The lowest BCUT2D eigenvalue weighted by Crippen LogP contribution is -2.44. The third-order valence-corrected chi connectivity index (χ3v) is 4.81. The summed E-state index contributed by atoms with van der Waals surface area (Å²) < 4.78 is 2.07. The quantitative estimate of drug-likeness (QED) is 0.921. The zero-order valence-corrected chi connectivity index (χ0v) is 13.7. The van der Waals surface area contributed by atoms with E-state index in [9.17, 15) is 9.90 Å². The molecule has 2 aromatic heterocycles. The third kappa shape index (κ3) is 3.39. The second kappa shape index (κ2) is 7.13. The van der Waals surface area contributed by atoms with Gasteiger partial charge in [-0.25, -0.2) is 4.98 Å². The maximum atomic E-state index is 12.6. The fraction of sp³-hybridized carbons (Fsp3) is 0.556. The van der Waals surface area contributed by atoms with Gasteiger partial charge >= 0.3 is 0 Å². The summed E-state index contributed by atoms with van der Waals surface area (Å²) >= 11 is 0. The van der Waals surface area contributed by atoms with Crippen LogP contribution in [0.5, 0.6) is 0 Å². The van der Waals surface area contributed by atoms with Gasteiger partial charge in [-0.05, 0) is 51.2 Å². The Labute approximate surface area is 136 Å². The molecule has 3 heterocycles. The minimum atomic E-state index is 0.154. The summed E-state index contributed by atoms with van der Waals surface area (Å²) in [6.45, 7) is 2.98. The summed E-state index contributed by atoms with van der Waals surface area (Å²) in [4.78, 5) is 19.2. The van der Waals surface area contributed by atoms with E-state index in [2.05, 4.69) is 9.38 Å². The molecule has 1 aliphatic rings. The monoisotopic (exact) mass is 315 g/mol. The van der Waals surface area contributed by atoms with Crippen molar-refractivity contribution in [3.8, 4) is 0 Å². The van der Waals surface area contributed by atoms with Gasteiger partial charge in [-0.2, -0.15) is 0 Å². The molecule has 1 saturated heterocycles. The van der Waals surface area contributed by atoms with Gasteiger partial charge in [0, 0.05) is 37.5 Å². The highest BCUT2D eigenvalue weighted by molar-refractivity contribution is 5.77. The number of amides is 1. The van der Waals surface area contributed by atoms with E-state index in [1.165, 1.54) is 0 Å². The number of imidazole rings is 1. The summed E-state index contributed by atoms with van der Waals surface area (Å²) in [5.41, 5.74) is 3.04. The van der Waals surface area contributed by atoms with Crippen LogP contribution in [0.1, 0.15) is 43.5 Å². The van der Waals surface area contributed by atoms with Crippen molar-refractivity contribution in [1.82, 2.24) is 14.3 Å². The first-order valence-electron chi connectivity index (χ1n) is 8.53. The Hall–Kier alpha value is -1.88. The van der Waals surface area contributed by atoms with Crippen LogP contribution in [0.4, 0.5) is 0 Å². The molecular weight excluding hydrogens is 290 g/mol. The average molecular weight is 315 g/mol. The Kier molecular flexibility index (Phi) is 4.96. The fourth-order valence-electron chi connectivity index (χ4n) is 3.61. The number of hydrogen-bond donors (Lipinski definition) is 1. The van der Waals surface area contributed by atoms with Crippen molar-refractivity contribution in [2.75, 3.05) is 13.2 Å². The number of aryl methyl sites for hydroxylation is 2. The van der Waals surface area contributed by atoms with Gasteiger partial charge in [0.25, 0.3) is 0 Å². The van der Waals surface area contributed by atoms with E-state index < -0.39 is 0 Å². The second-order valence-corrected chi connectivity index (χ2v) is 6.32. The molecule has 2 aromatic rings. The first-order valence-corrected chi connectivity index (χ1v) is 8.53. The van der Waals surface area contributed by atoms with Gasteiger partial charge in [-0.3, -0.25) is 4.79 Å². The zero-order chi connectivity index (χ0) is 16.2. The van der Waals surface area contributed by atoms with Gasteiger partial charge in [-0.1, -0.05) is 6.07 Å². The van der Waals surface area contributed by atoms with E-state index in [0.29, 0.717) is 19.3 Å². The minimum absolute atomic E-state index is 0.154. The Morgan fingerprint density at radius 3 is 3.09 bits per heavy atom. The molecule has 0 radical (unpaired) electrons. The molecule has 1 aliphatic heterocycles. The van der Waals surface area contributed by atoms with Crippen molar-refractivity contribution in [2.45, 2.75) is 51.5 Å². The minimum Gasteiger partial charge on any atom is -0.396 e. The maximum absolute atomic E-state index is 12.6. The summed E-state index contributed by atoms with van der Waals surface area (Å²) in [6, 6.07) is 6.16. The first-order chi connectivity index (χ1) is 11.2. The van der Waals surface area contributed by atoms with Crippen LogP contribution in [-0.2, 0) is 11.2 Å². The van der Waals surface area contributed by atoms with Gasteiger partial charge in [0.15, 0.2) is 0 Å². The predicted molar refractivity (Wildman–Crippen MR) is 89.3 cm³/mol. The van der Waals surface area contributed by atoms with E-state index in [4.69, 9.17) is 0 Å². The molecule has 23 heavy (non-hydrogen) atoms. The van der Waals surface area contributed by atoms with Crippen molar-refractivity contribution < 1.29 is 9.90 Å². The van der Waals surface area contributed by atoms with Gasteiger partial charge in [0.05, 0.1) is 5.69 Å².